The number of amides is 1. The Morgan fingerprint density at radius 1 is 0.960 bits per heavy atom. The molecule has 5 nitrogen and oxygen atoms in total. The van der Waals surface area contributed by atoms with Gasteiger partial charge in [0.05, 0.1) is 4.90 Å². The summed E-state index contributed by atoms with van der Waals surface area (Å²) in [5.74, 6) is -0.606. The largest absolute Gasteiger partial charge is 0.301 e. The van der Waals surface area contributed by atoms with Crippen LogP contribution in [-0.4, -0.2) is 15.3 Å². The van der Waals surface area contributed by atoms with Crippen LogP contribution in [0.1, 0.15) is 5.56 Å². The van der Waals surface area contributed by atoms with Crippen LogP contribution >= 0.6 is 0 Å². The zero-order valence-corrected chi connectivity index (χ0v) is 14.0. The monoisotopic (exact) mass is 352 g/mol. The van der Waals surface area contributed by atoms with E-state index in [9.17, 15) is 9.00 Å². The third-order valence-electron chi connectivity index (χ3n) is 3.59. The molecule has 3 N–H and O–H groups in total. The third-order valence-corrected chi connectivity index (χ3v) is 4.71. The van der Waals surface area contributed by atoms with Crippen molar-refractivity contribution in [3.8, 4) is 0 Å². The number of rotatable bonds is 5. The van der Waals surface area contributed by atoms with Gasteiger partial charge in [-0.1, -0.05) is 42.5 Å². The number of hydroxylamine groups is 1. The Morgan fingerprint density at radius 2 is 1.68 bits per heavy atom. The fourth-order valence-corrected chi connectivity index (χ4v) is 3.17. The molecule has 0 fully saturated rings. The minimum absolute atomic E-state index is 0.606. The summed E-state index contributed by atoms with van der Waals surface area (Å²) in [7, 11) is -1.39. The third kappa shape index (κ3) is 4.32. The van der Waals surface area contributed by atoms with Gasteiger partial charge >= 0.3 is 0 Å². The number of fused-ring (bicyclic) bond motifs is 1. The summed E-state index contributed by atoms with van der Waals surface area (Å²) in [5.41, 5.74) is 3.06. The van der Waals surface area contributed by atoms with E-state index in [4.69, 9.17) is 5.21 Å². The number of hydrogen-bond acceptors (Lipinski definition) is 3. The topological polar surface area (TPSA) is 78.4 Å². The summed E-state index contributed by atoms with van der Waals surface area (Å²) in [6.45, 7) is 0. The molecule has 0 aromatic heterocycles. The molecule has 0 aliphatic rings. The quantitative estimate of drug-likeness (QED) is 0.374. The molecule has 0 saturated carbocycles. The van der Waals surface area contributed by atoms with Crippen molar-refractivity contribution >= 4 is 39.4 Å². The molecule has 126 valence electrons. The smallest absolute Gasteiger partial charge is 0.267 e. The van der Waals surface area contributed by atoms with Crippen LogP contribution in [0.3, 0.4) is 0 Å². The normalized spacial score (nSPS) is 12.2. The van der Waals surface area contributed by atoms with Crippen molar-refractivity contribution in [1.82, 2.24) is 5.48 Å². The summed E-state index contributed by atoms with van der Waals surface area (Å²) in [5, 5.41) is 10.6. The zero-order chi connectivity index (χ0) is 17.6. The number of carbonyl (C=O) groups is 1. The van der Waals surface area contributed by atoms with Crippen LogP contribution in [0.25, 0.3) is 16.8 Å². The first-order valence-corrected chi connectivity index (χ1v) is 8.70. The average molecular weight is 352 g/mol. The second-order valence-electron chi connectivity index (χ2n) is 5.31. The van der Waals surface area contributed by atoms with Gasteiger partial charge in [0.25, 0.3) is 5.91 Å². The molecule has 0 spiro atoms. The SMILES string of the molecule is O=C(/C=C/c1ccc(S(=O)Nc2ccc3ccccc3c2)cc1)NO. The molecule has 1 unspecified atom stereocenters. The highest BCUT2D eigenvalue weighted by molar-refractivity contribution is 7.86. The van der Waals surface area contributed by atoms with Gasteiger partial charge in [-0.2, -0.15) is 0 Å². The van der Waals surface area contributed by atoms with Crippen LogP contribution in [0.2, 0.25) is 0 Å². The lowest BCUT2D eigenvalue weighted by molar-refractivity contribution is -0.124. The summed E-state index contributed by atoms with van der Waals surface area (Å²) in [6, 6.07) is 20.7. The highest BCUT2D eigenvalue weighted by Gasteiger charge is 2.05. The molecular formula is C19H16N2O3S. The highest BCUT2D eigenvalue weighted by atomic mass is 32.2. The van der Waals surface area contributed by atoms with Crippen LogP contribution in [-0.2, 0) is 15.8 Å². The maximum atomic E-state index is 12.5. The molecule has 0 heterocycles. The van der Waals surface area contributed by atoms with Crippen molar-refractivity contribution in [2.45, 2.75) is 4.90 Å². The maximum Gasteiger partial charge on any atom is 0.267 e. The van der Waals surface area contributed by atoms with Crippen LogP contribution in [0.15, 0.2) is 77.7 Å². The van der Waals surface area contributed by atoms with E-state index >= 15 is 0 Å². The second kappa shape index (κ2) is 7.74. The highest BCUT2D eigenvalue weighted by Crippen LogP contribution is 2.20. The minimum atomic E-state index is -1.39. The lowest BCUT2D eigenvalue weighted by Crippen LogP contribution is -2.14. The van der Waals surface area contributed by atoms with Crippen molar-refractivity contribution < 1.29 is 14.2 Å². The zero-order valence-electron chi connectivity index (χ0n) is 13.2. The number of benzene rings is 3. The predicted molar refractivity (Wildman–Crippen MR) is 99.4 cm³/mol. The van der Waals surface area contributed by atoms with Crippen molar-refractivity contribution in [1.29, 1.82) is 0 Å². The minimum Gasteiger partial charge on any atom is -0.301 e. The molecule has 1 amide bonds. The van der Waals surface area contributed by atoms with Crippen LogP contribution in [0, 0.1) is 0 Å². The molecule has 25 heavy (non-hydrogen) atoms. The number of nitrogens with one attached hydrogen (secondary N) is 2. The van der Waals surface area contributed by atoms with Crippen LogP contribution in [0.5, 0.6) is 0 Å². The van der Waals surface area contributed by atoms with Crippen LogP contribution < -0.4 is 10.2 Å². The Hall–Kier alpha value is -2.96. The van der Waals surface area contributed by atoms with E-state index in [1.165, 1.54) is 11.6 Å². The number of hydrogen-bond donors (Lipinski definition) is 3. The molecule has 3 aromatic rings. The summed E-state index contributed by atoms with van der Waals surface area (Å²) in [6.07, 6.45) is 2.76. The summed E-state index contributed by atoms with van der Waals surface area (Å²) in [4.78, 5) is 11.6. The number of carbonyl (C=O) groups excluding carboxylic acids is 1. The second-order valence-corrected chi connectivity index (χ2v) is 6.52. The Balaban J connectivity index is 1.71. The van der Waals surface area contributed by atoms with Gasteiger partial charge in [0.15, 0.2) is 0 Å². The molecule has 3 rings (SSSR count). The van der Waals surface area contributed by atoms with E-state index < -0.39 is 16.9 Å². The fraction of sp³-hybridized carbons (Fsp3) is 0. The van der Waals surface area contributed by atoms with E-state index in [1.54, 1.807) is 30.3 Å². The molecule has 0 saturated heterocycles. The molecule has 3 aromatic carbocycles. The lowest BCUT2D eigenvalue weighted by atomic mass is 10.1. The van der Waals surface area contributed by atoms with Crippen molar-refractivity contribution in [2.75, 3.05) is 4.72 Å². The lowest BCUT2D eigenvalue weighted by Gasteiger charge is -2.07. The van der Waals surface area contributed by atoms with E-state index in [0.29, 0.717) is 4.90 Å². The van der Waals surface area contributed by atoms with Crippen molar-refractivity contribution in [2.24, 2.45) is 0 Å². The van der Waals surface area contributed by atoms with E-state index in [1.807, 2.05) is 42.5 Å². The first-order valence-electron chi connectivity index (χ1n) is 7.55. The Morgan fingerprint density at radius 3 is 2.40 bits per heavy atom. The van der Waals surface area contributed by atoms with Gasteiger partial charge < -0.3 is 4.72 Å². The van der Waals surface area contributed by atoms with Gasteiger partial charge in [-0.3, -0.25) is 10.0 Å². The van der Waals surface area contributed by atoms with Gasteiger partial charge in [0.2, 0.25) is 0 Å². The molecule has 6 heteroatoms. The Kier molecular flexibility index (Phi) is 5.23. The van der Waals surface area contributed by atoms with Crippen LogP contribution in [0.4, 0.5) is 5.69 Å². The molecular weight excluding hydrogens is 336 g/mol. The predicted octanol–water partition coefficient (Wildman–Crippen LogP) is 3.49. The molecule has 0 radical (unpaired) electrons. The maximum absolute atomic E-state index is 12.5. The molecule has 0 aliphatic carbocycles. The Labute approximate surface area is 147 Å². The number of anilines is 1. The Bertz CT molecular complexity index is 952. The van der Waals surface area contributed by atoms with Gasteiger partial charge in [0.1, 0.15) is 11.0 Å². The van der Waals surface area contributed by atoms with E-state index in [0.717, 1.165) is 22.0 Å². The van der Waals surface area contributed by atoms with Gasteiger partial charge in [-0.15, -0.1) is 0 Å². The van der Waals surface area contributed by atoms with E-state index in [-0.39, 0.29) is 0 Å². The first-order chi connectivity index (χ1) is 12.2. The first kappa shape index (κ1) is 16.9. The van der Waals surface area contributed by atoms with Crippen molar-refractivity contribution in [3.05, 3.63) is 78.4 Å². The molecule has 0 bridgehead atoms. The fourth-order valence-electron chi connectivity index (χ4n) is 2.33. The van der Waals surface area contributed by atoms with E-state index in [2.05, 4.69) is 4.72 Å². The van der Waals surface area contributed by atoms with Gasteiger partial charge in [-0.25, -0.2) is 9.69 Å². The average Bonchev–Trinajstić information content (AvgIpc) is 2.66. The standard InChI is InChI=1S/C19H16N2O3S/c22-19(20-23)12-7-14-5-10-18(11-6-14)25(24)21-17-9-8-15-3-1-2-4-16(15)13-17/h1-13,21,23H,(H,20,22)/b12-7+. The van der Waals surface area contributed by atoms with Crippen molar-refractivity contribution in [3.63, 3.8) is 0 Å². The molecule has 1 atom stereocenters. The van der Waals surface area contributed by atoms with Gasteiger partial charge in [0, 0.05) is 11.8 Å². The van der Waals surface area contributed by atoms with Gasteiger partial charge in [-0.05, 0) is 46.7 Å². The molecule has 0 aliphatic heterocycles. The summed E-state index contributed by atoms with van der Waals surface area (Å²) >= 11 is 0. The summed E-state index contributed by atoms with van der Waals surface area (Å²) < 4.78 is 15.4.